The molecule has 0 radical (unpaired) electrons. The fourth-order valence-corrected chi connectivity index (χ4v) is 3.55. The highest BCUT2D eigenvalue weighted by molar-refractivity contribution is 7.99. The minimum Gasteiger partial charge on any atom is -0.454 e. The van der Waals surface area contributed by atoms with Crippen LogP contribution in [0.15, 0.2) is 28.5 Å². The number of hydrogen-bond acceptors (Lipinski definition) is 9. The number of carbonyl (C=O) groups is 1. The molecule has 0 unspecified atom stereocenters. The van der Waals surface area contributed by atoms with Gasteiger partial charge in [-0.3, -0.25) is 14.6 Å². The van der Waals surface area contributed by atoms with E-state index in [9.17, 15) is 4.79 Å². The van der Waals surface area contributed by atoms with Crippen molar-refractivity contribution in [3.05, 3.63) is 18.5 Å². The molecule has 1 aliphatic heterocycles. The van der Waals surface area contributed by atoms with Gasteiger partial charge in [-0.1, -0.05) is 17.2 Å². The number of nitrogens with one attached hydrogen (secondary N) is 1. The van der Waals surface area contributed by atoms with E-state index in [1.165, 1.54) is 18.1 Å². The summed E-state index contributed by atoms with van der Waals surface area (Å²) >= 11 is 1.33. The fraction of sp³-hybridized carbons (Fsp3) is 0.143. The van der Waals surface area contributed by atoms with E-state index in [4.69, 9.17) is 20.4 Å². The van der Waals surface area contributed by atoms with Crippen LogP contribution in [0.1, 0.15) is 0 Å². The molecule has 0 atom stereocenters. The lowest BCUT2D eigenvalue weighted by molar-refractivity contribution is -0.129. The third-order valence-electron chi connectivity index (χ3n) is 3.82. The summed E-state index contributed by atoms with van der Waals surface area (Å²) in [6.45, 7) is 0.0135. The quantitative estimate of drug-likeness (QED) is 0.301. The summed E-state index contributed by atoms with van der Waals surface area (Å²) < 4.78 is 12.4. The van der Waals surface area contributed by atoms with Crippen molar-refractivity contribution in [1.29, 1.82) is 0 Å². The van der Waals surface area contributed by atoms with Crippen molar-refractivity contribution in [2.45, 2.75) is 16.6 Å². The monoisotopic (exact) mass is 372 g/mol. The van der Waals surface area contributed by atoms with Crippen molar-refractivity contribution in [1.82, 2.24) is 25.0 Å². The zero-order valence-electron chi connectivity index (χ0n) is 13.6. The standard InChI is InChI=1S/C14H13BN6O4S/c15-6-1-7-8(25-5-24-7)2-9(6)26-14-19-11-12(16)17-4-18-13(11)21(14)3-10(22)20-23/h1-2,4,23H,3,5,15H2,(H,20,22)(H2,16,17,18). The number of hydroxylamine groups is 1. The molecule has 10 nitrogen and oxygen atoms in total. The molecule has 12 heteroatoms. The van der Waals surface area contributed by atoms with Gasteiger partial charge in [0.1, 0.15) is 20.7 Å². The van der Waals surface area contributed by atoms with Crippen LogP contribution in [-0.2, 0) is 11.3 Å². The Balaban J connectivity index is 1.80. The molecule has 1 aliphatic rings. The average molecular weight is 372 g/mol. The number of ether oxygens (including phenoxy) is 2. The van der Waals surface area contributed by atoms with Crippen LogP contribution in [0.25, 0.3) is 11.2 Å². The van der Waals surface area contributed by atoms with E-state index in [-0.39, 0.29) is 19.2 Å². The van der Waals surface area contributed by atoms with Crippen LogP contribution < -0.4 is 26.2 Å². The summed E-state index contributed by atoms with van der Waals surface area (Å²) in [5.74, 6) is 0.941. The van der Waals surface area contributed by atoms with E-state index in [0.717, 1.165) is 10.4 Å². The van der Waals surface area contributed by atoms with Crippen molar-refractivity contribution in [2.75, 3.05) is 12.5 Å². The van der Waals surface area contributed by atoms with Crippen LogP contribution in [0.4, 0.5) is 5.82 Å². The average Bonchev–Trinajstić information content (AvgIpc) is 3.21. The lowest BCUT2D eigenvalue weighted by Gasteiger charge is -2.09. The highest BCUT2D eigenvalue weighted by atomic mass is 32.2. The summed E-state index contributed by atoms with van der Waals surface area (Å²) in [7, 11) is 1.94. The van der Waals surface area contributed by atoms with Crippen molar-refractivity contribution >= 4 is 48.0 Å². The van der Waals surface area contributed by atoms with Gasteiger partial charge in [-0.05, 0) is 12.1 Å². The maximum atomic E-state index is 11.7. The summed E-state index contributed by atoms with van der Waals surface area (Å²) in [6, 6.07) is 3.74. The van der Waals surface area contributed by atoms with Gasteiger partial charge in [-0.25, -0.2) is 20.4 Å². The lowest BCUT2D eigenvalue weighted by Crippen LogP contribution is -2.24. The molecule has 3 heterocycles. The number of rotatable bonds is 4. The maximum absolute atomic E-state index is 11.7. The predicted molar refractivity (Wildman–Crippen MR) is 94.5 cm³/mol. The fourth-order valence-electron chi connectivity index (χ4n) is 2.57. The molecule has 0 spiro atoms. The van der Waals surface area contributed by atoms with E-state index >= 15 is 0 Å². The van der Waals surface area contributed by atoms with Crippen LogP contribution in [0.2, 0.25) is 0 Å². The van der Waals surface area contributed by atoms with Crippen molar-refractivity contribution in [3.8, 4) is 11.5 Å². The number of aromatic nitrogens is 4. The van der Waals surface area contributed by atoms with E-state index in [2.05, 4.69) is 15.0 Å². The van der Waals surface area contributed by atoms with E-state index in [0.29, 0.717) is 27.8 Å². The number of benzene rings is 1. The van der Waals surface area contributed by atoms with Crippen LogP contribution in [0.5, 0.6) is 11.5 Å². The van der Waals surface area contributed by atoms with Crippen LogP contribution in [0, 0.1) is 0 Å². The van der Waals surface area contributed by atoms with Gasteiger partial charge in [-0.2, -0.15) is 0 Å². The topological polar surface area (TPSA) is 137 Å². The van der Waals surface area contributed by atoms with Gasteiger partial charge in [0.25, 0.3) is 5.91 Å². The summed E-state index contributed by atoms with van der Waals surface area (Å²) in [5, 5.41) is 9.35. The van der Waals surface area contributed by atoms with Gasteiger partial charge in [0.05, 0.1) is 0 Å². The molecule has 0 aliphatic carbocycles. The second-order valence-corrected chi connectivity index (χ2v) is 6.53. The van der Waals surface area contributed by atoms with Crippen LogP contribution >= 0.6 is 11.8 Å². The van der Waals surface area contributed by atoms with Gasteiger partial charge >= 0.3 is 0 Å². The Labute approximate surface area is 152 Å². The minimum atomic E-state index is -0.606. The molecule has 3 aromatic rings. The Morgan fingerprint density at radius 1 is 1.38 bits per heavy atom. The largest absolute Gasteiger partial charge is 0.454 e. The van der Waals surface area contributed by atoms with E-state index < -0.39 is 5.91 Å². The van der Waals surface area contributed by atoms with E-state index in [1.807, 2.05) is 20.0 Å². The lowest BCUT2D eigenvalue weighted by atomic mass is 9.96. The Morgan fingerprint density at radius 2 is 2.15 bits per heavy atom. The zero-order chi connectivity index (χ0) is 18.3. The molecule has 4 N–H and O–H groups in total. The molecular weight excluding hydrogens is 359 g/mol. The second-order valence-electron chi connectivity index (χ2n) is 5.52. The molecule has 132 valence electrons. The van der Waals surface area contributed by atoms with Gasteiger partial charge in [-0.15, -0.1) is 0 Å². The van der Waals surface area contributed by atoms with E-state index in [1.54, 1.807) is 10.0 Å². The minimum absolute atomic E-state index is 0.171. The number of nitrogen functional groups attached to an aromatic ring is 1. The Hall–Kier alpha value is -2.99. The van der Waals surface area contributed by atoms with Crippen LogP contribution in [0.3, 0.4) is 0 Å². The SMILES string of the molecule is Bc1cc2c(cc1Sc1nc3c(N)ncnc3n1CC(=O)NO)OCO2. The number of nitrogens with zero attached hydrogens (tertiary/aromatic N) is 4. The number of carbonyl (C=O) groups excluding carboxylic acids is 1. The molecule has 0 saturated heterocycles. The predicted octanol–water partition coefficient (Wildman–Crippen LogP) is -0.948. The van der Waals surface area contributed by atoms with Crippen LogP contribution in [-0.4, -0.2) is 45.3 Å². The van der Waals surface area contributed by atoms with Crippen molar-refractivity contribution in [3.63, 3.8) is 0 Å². The zero-order valence-corrected chi connectivity index (χ0v) is 14.4. The molecule has 1 aromatic carbocycles. The second kappa shape index (κ2) is 6.39. The smallest absolute Gasteiger partial charge is 0.263 e. The van der Waals surface area contributed by atoms with Gasteiger partial charge in [0.2, 0.25) is 6.79 Å². The first kappa shape index (κ1) is 16.5. The number of anilines is 1. The number of fused-ring (bicyclic) bond motifs is 2. The summed E-state index contributed by atoms with van der Waals surface area (Å²) in [4.78, 5) is 25.1. The summed E-state index contributed by atoms with van der Waals surface area (Å²) in [5.41, 5.74) is 9.24. The third-order valence-corrected chi connectivity index (χ3v) is 4.98. The molecule has 0 bridgehead atoms. The normalized spacial score (nSPS) is 12.5. The number of amides is 1. The first-order chi connectivity index (χ1) is 12.6. The number of imidazole rings is 1. The molecule has 0 fully saturated rings. The highest BCUT2D eigenvalue weighted by Crippen LogP contribution is 2.37. The van der Waals surface area contributed by atoms with Crippen molar-refractivity contribution in [2.24, 2.45) is 0 Å². The molecule has 0 saturated carbocycles. The molecule has 1 amide bonds. The van der Waals surface area contributed by atoms with Crippen molar-refractivity contribution < 1.29 is 19.5 Å². The first-order valence-corrected chi connectivity index (χ1v) is 8.36. The number of nitrogens with two attached hydrogens (primary N) is 1. The highest BCUT2D eigenvalue weighted by Gasteiger charge is 2.21. The Morgan fingerprint density at radius 3 is 2.92 bits per heavy atom. The van der Waals surface area contributed by atoms with Gasteiger partial charge in [0, 0.05) is 4.90 Å². The third kappa shape index (κ3) is 2.78. The molecule has 2 aromatic heterocycles. The molecule has 4 rings (SSSR count). The van der Waals surface area contributed by atoms with Gasteiger partial charge < -0.3 is 15.2 Å². The summed E-state index contributed by atoms with van der Waals surface area (Å²) in [6.07, 6.45) is 1.30. The Bertz CT molecular complexity index is 1030. The Kier molecular flexibility index (Phi) is 4.05. The van der Waals surface area contributed by atoms with Gasteiger partial charge in [0.15, 0.2) is 33.6 Å². The first-order valence-electron chi connectivity index (χ1n) is 7.54. The molecule has 26 heavy (non-hydrogen) atoms. The molecular formula is C14H13BN6O4S. The number of hydrogen-bond donors (Lipinski definition) is 3. The maximum Gasteiger partial charge on any atom is 0.263 e.